The Morgan fingerprint density at radius 2 is 1.82 bits per heavy atom. The highest BCUT2D eigenvalue weighted by Crippen LogP contribution is 2.16. The Morgan fingerprint density at radius 1 is 1.09 bits per heavy atom. The average molecular weight is 298 g/mol. The minimum Gasteiger partial charge on any atom is -0.497 e. The van der Waals surface area contributed by atoms with Crippen molar-refractivity contribution in [3.63, 3.8) is 0 Å². The molecule has 114 valence electrons. The van der Waals surface area contributed by atoms with Gasteiger partial charge < -0.3 is 21.1 Å². The van der Waals surface area contributed by atoms with Crippen LogP contribution in [0.2, 0.25) is 0 Å². The van der Waals surface area contributed by atoms with Crippen LogP contribution >= 0.6 is 0 Å². The van der Waals surface area contributed by atoms with Crippen LogP contribution in [0.25, 0.3) is 0 Å². The third-order valence-electron chi connectivity index (χ3n) is 2.79. The van der Waals surface area contributed by atoms with E-state index in [4.69, 9.17) is 10.5 Å². The van der Waals surface area contributed by atoms with E-state index in [0.29, 0.717) is 5.75 Å². The maximum Gasteiger partial charge on any atom is 0.246 e. The molecule has 4 N–H and O–H groups in total. The molecule has 0 atom stereocenters. The Balaban J connectivity index is 1.88. The molecule has 0 spiro atoms. The largest absolute Gasteiger partial charge is 0.497 e. The van der Waals surface area contributed by atoms with E-state index in [0.717, 1.165) is 11.4 Å². The van der Waals surface area contributed by atoms with Crippen LogP contribution in [0.4, 0.5) is 11.4 Å². The number of hydrogen-bond acceptors (Lipinski definition) is 3. The zero-order valence-electron chi connectivity index (χ0n) is 12.2. The first-order chi connectivity index (χ1) is 10.7. The van der Waals surface area contributed by atoms with E-state index in [1.807, 2.05) is 36.4 Å². The molecule has 6 nitrogen and oxygen atoms in total. The Labute approximate surface area is 129 Å². The number of methoxy groups -OCH3 is 1. The van der Waals surface area contributed by atoms with Crippen molar-refractivity contribution >= 4 is 23.2 Å². The molecule has 0 aliphatic rings. The fourth-order valence-corrected chi connectivity index (χ4v) is 1.77. The highest BCUT2D eigenvalue weighted by atomic mass is 16.5. The highest BCUT2D eigenvalue weighted by molar-refractivity contribution is 5.97. The molecule has 2 rings (SSSR count). The zero-order valence-corrected chi connectivity index (χ0v) is 12.2. The number of rotatable bonds is 5. The topological polar surface area (TPSA) is 88.7 Å². The number of nitrogens with two attached hydrogens (primary N) is 1. The molecule has 2 aromatic rings. The molecule has 0 unspecified atom stereocenters. The van der Waals surface area contributed by atoms with Gasteiger partial charge in [-0.15, -0.1) is 0 Å². The fourth-order valence-electron chi connectivity index (χ4n) is 1.77. The maximum absolute atomic E-state index is 11.7. The van der Waals surface area contributed by atoms with E-state index in [1.165, 1.54) is 0 Å². The second-order valence-corrected chi connectivity index (χ2v) is 4.47. The normalized spacial score (nSPS) is 10.9. The van der Waals surface area contributed by atoms with Gasteiger partial charge in [0.15, 0.2) is 5.96 Å². The Kier molecular flexibility index (Phi) is 5.37. The molecule has 0 radical (unpaired) electrons. The number of anilines is 2. The molecule has 1 amide bonds. The molecular formula is C16H18N4O2. The van der Waals surface area contributed by atoms with Gasteiger partial charge in [-0.05, 0) is 24.3 Å². The SMILES string of the molecule is COc1cccc(NC(N)=NCC(=O)Nc2ccccc2)c1. The van der Waals surface area contributed by atoms with Crippen molar-refractivity contribution in [2.75, 3.05) is 24.3 Å². The number of carbonyl (C=O) groups excluding carboxylic acids is 1. The smallest absolute Gasteiger partial charge is 0.246 e. The van der Waals surface area contributed by atoms with Gasteiger partial charge in [-0.1, -0.05) is 24.3 Å². The molecule has 2 aromatic carbocycles. The Morgan fingerprint density at radius 3 is 2.55 bits per heavy atom. The van der Waals surface area contributed by atoms with Gasteiger partial charge in [-0.3, -0.25) is 4.79 Å². The summed E-state index contributed by atoms with van der Waals surface area (Å²) in [4.78, 5) is 15.7. The Bertz CT molecular complexity index is 656. The summed E-state index contributed by atoms with van der Waals surface area (Å²) in [6.07, 6.45) is 0. The van der Waals surface area contributed by atoms with Gasteiger partial charge in [0, 0.05) is 17.4 Å². The predicted octanol–water partition coefficient (Wildman–Crippen LogP) is 2.06. The van der Waals surface area contributed by atoms with Crippen molar-refractivity contribution in [3.8, 4) is 5.75 Å². The lowest BCUT2D eigenvalue weighted by molar-refractivity contribution is -0.114. The van der Waals surface area contributed by atoms with Crippen molar-refractivity contribution in [3.05, 3.63) is 54.6 Å². The molecule has 0 fully saturated rings. The summed E-state index contributed by atoms with van der Waals surface area (Å²) in [7, 11) is 1.59. The molecular weight excluding hydrogens is 280 g/mol. The van der Waals surface area contributed by atoms with Crippen molar-refractivity contribution in [2.45, 2.75) is 0 Å². The van der Waals surface area contributed by atoms with Crippen LogP contribution in [0.5, 0.6) is 5.75 Å². The van der Waals surface area contributed by atoms with Crippen LogP contribution in [0.1, 0.15) is 0 Å². The van der Waals surface area contributed by atoms with Crippen LogP contribution in [0.15, 0.2) is 59.6 Å². The predicted molar refractivity (Wildman–Crippen MR) is 88.2 cm³/mol. The van der Waals surface area contributed by atoms with E-state index in [1.54, 1.807) is 25.3 Å². The number of benzene rings is 2. The third kappa shape index (κ3) is 4.82. The fraction of sp³-hybridized carbons (Fsp3) is 0.125. The number of carbonyl (C=O) groups is 1. The molecule has 6 heteroatoms. The van der Waals surface area contributed by atoms with Gasteiger partial charge >= 0.3 is 0 Å². The van der Waals surface area contributed by atoms with Gasteiger partial charge in [0.05, 0.1) is 7.11 Å². The van der Waals surface area contributed by atoms with Crippen molar-refractivity contribution in [2.24, 2.45) is 10.7 Å². The number of nitrogens with zero attached hydrogens (tertiary/aromatic N) is 1. The summed E-state index contributed by atoms with van der Waals surface area (Å²) in [6.45, 7) is -0.0578. The number of aliphatic imine (C=N–C) groups is 1. The van der Waals surface area contributed by atoms with Crippen LogP contribution in [-0.4, -0.2) is 25.5 Å². The van der Waals surface area contributed by atoms with Crippen LogP contribution in [-0.2, 0) is 4.79 Å². The van der Waals surface area contributed by atoms with Crippen LogP contribution in [0, 0.1) is 0 Å². The molecule has 0 saturated carbocycles. The first kappa shape index (κ1) is 15.4. The van der Waals surface area contributed by atoms with Crippen molar-refractivity contribution in [1.82, 2.24) is 0 Å². The number of ether oxygens (including phenoxy) is 1. The van der Waals surface area contributed by atoms with Crippen molar-refractivity contribution < 1.29 is 9.53 Å². The summed E-state index contributed by atoms with van der Waals surface area (Å²) in [6, 6.07) is 16.4. The number of amides is 1. The van der Waals surface area contributed by atoms with E-state index in [9.17, 15) is 4.79 Å². The monoisotopic (exact) mass is 298 g/mol. The van der Waals surface area contributed by atoms with E-state index < -0.39 is 0 Å². The molecule has 0 bridgehead atoms. The van der Waals surface area contributed by atoms with E-state index in [2.05, 4.69) is 15.6 Å². The van der Waals surface area contributed by atoms with Gasteiger partial charge in [0.2, 0.25) is 5.91 Å². The third-order valence-corrected chi connectivity index (χ3v) is 2.79. The van der Waals surface area contributed by atoms with Crippen LogP contribution < -0.4 is 21.1 Å². The summed E-state index contributed by atoms with van der Waals surface area (Å²) < 4.78 is 5.12. The highest BCUT2D eigenvalue weighted by Gasteiger charge is 2.02. The van der Waals surface area contributed by atoms with Gasteiger partial charge in [0.1, 0.15) is 12.3 Å². The lowest BCUT2D eigenvalue weighted by atomic mass is 10.3. The molecule has 22 heavy (non-hydrogen) atoms. The first-order valence-electron chi connectivity index (χ1n) is 6.73. The lowest BCUT2D eigenvalue weighted by Gasteiger charge is -2.07. The second kappa shape index (κ2) is 7.68. The minimum atomic E-state index is -0.235. The summed E-state index contributed by atoms with van der Waals surface area (Å²) in [5, 5.41) is 5.63. The average Bonchev–Trinajstić information content (AvgIpc) is 2.54. The first-order valence-corrected chi connectivity index (χ1v) is 6.73. The molecule has 0 aromatic heterocycles. The maximum atomic E-state index is 11.7. The second-order valence-electron chi connectivity index (χ2n) is 4.47. The number of para-hydroxylation sites is 1. The van der Waals surface area contributed by atoms with Gasteiger partial charge in [-0.2, -0.15) is 0 Å². The van der Waals surface area contributed by atoms with E-state index in [-0.39, 0.29) is 18.4 Å². The van der Waals surface area contributed by atoms with Gasteiger partial charge in [0.25, 0.3) is 0 Å². The molecule has 0 saturated heterocycles. The van der Waals surface area contributed by atoms with Crippen LogP contribution in [0.3, 0.4) is 0 Å². The quantitative estimate of drug-likeness (QED) is 0.582. The standard InChI is InChI=1S/C16H18N4O2/c1-22-14-9-5-8-13(10-14)20-16(17)18-11-15(21)19-12-6-3-2-4-7-12/h2-10H,11H2,1H3,(H,19,21)(H3,17,18,20). The number of nitrogens with one attached hydrogen (secondary N) is 2. The summed E-state index contributed by atoms with van der Waals surface area (Å²) in [5.41, 5.74) is 7.22. The zero-order chi connectivity index (χ0) is 15.8. The summed E-state index contributed by atoms with van der Waals surface area (Å²) in [5.74, 6) is 0.637. The summed E-state index contributed by atoms with van der Waals surface area (Å²) >= 11 is 0. The molecule has 0 aliphatic heterocycles. The van der Waals surface area contributed by atoms with E-state index >= 15 is 0 Å². The van der Waals surface area contributed by atoms with Gasteiger partial charge in [-0.25, -0.2) is 4.99 Å². The number of guanidine groups is 1. The lowest BCUT2D eigenvalue weighted by Crippen LogP contribution is -2.25. The van der Waals surface area contributed by atoms with Crippen molar-refractivity contribution in [1.29, 1.82) is 0 Å². The number of hydrogen-bond donors (Lipinski definition) is 3. The molecule has 0 aliphatic carbocycles. The Hall–Kier alpha value is -3.02. The molecule has 0 heterocycles. The minimum absolute atomic E-state index is 0.0578.